The van der Waals surface area contributed by atoms with Gasteiger partial charge in [-0.2, -0.15) is 4.98 Å². The first kappa shape index (κ1) is 20.6. The van der Waals surface area contributed by atoms with Gasteiger partial charge < -0.3 is 14.8 Å². The van der Waals surface area contributed by atoms with E-state index in [9.17, 15) is 0 Å². The monoisotopic (exact) mass is 462 g/mol. The number of aromatic nitrogens is 3. The van der Waals surface area contributed by atoms with Crippen molar-refractivity contribution in [3.05, 3.63) is 88.9 Å². The number of anilines is 1. The standard InChI is InChI=1S/C24H19ClN4O2S/c1-30-18-6-4-5-16(13-18)22-26-20-8-3-2-7-19(20)21-23(31-22)27-24(29-28-21)32-14-15-9-11-17(25)12-10-15/h2-13,22,26H,14H2,1H3/t22-/m1/s1. The molecule has 0 saturated carbocycles. The van der Waals surface area contributed by atoms with Crippen molar-refractivity contribution in [3.8, 4) is 22.9 Å². The summed E-state index contributed by atoms with van der Waals surface area (Å²) >= 11 is 7.47. The summed E-state index contributed by atoms with van der Waals surface area (Å²) in [5, 5.41) is 13.5. The predicted molar refractivity (Wildman–Crippen MR) is 126 cm³/mol. The molecule has 1 aliphatic rings. The Labute approximate surface area is 195 Å². The van der Waals surface area contributed by atoms with Gasteiger partial charge in [0.05, 0.1) is 7.11 Å². The van der Waals surface area contributed by atoms with E-state index in [1.54, 1.807) is 7.11 Å². The SMILES string of the molecule is COc1cccc([C@@H]2Nc3ccccc3-c3nnc(SCc4ccc(Cl)cc4)nc3O2)c1. The van der Waals surface area contributed by atoms with Crippen LogP contribution in [0.15, 0.2) is 78.0 Å². The summed E-state index contributed by atoms with van der Waals surface area (Å²) in [5.74, 6) is 1.89. The van der Waals surface area contributed by atoms with Crippen LogP contribution in [-0.4, -0.2) is 22.3 Å². The lowest BCUT2D eigenvalue weighted by atomic mass is 10.1. The van der Waals surface area contributed by atoms with Crippen LogP contribution < -0.4 is 14.8 Å². The summed E-state index contributed by atoms with van der Waals surface area (Å²) in [6.07, 6.45) is -0.460. The highest BCUT2D eigenvalue weighted by atomic mass is 35.5. The third-order valence-corrected chi connectivity index (χ3v) is 6.17. The van der Waals surface area contributed by atoms with E-state index < -0.39 is 6.23 Å². The maximum Gasteiger partial charge on any atom is 0.247 e. The summed E-state index contributed by atoms with van der Waals surface area (Å²) in [6, 6.07) is 23.4. The fourth-order valence-electron chi connectivity index (χ4n) is 3.39. The van der Waals surface area contributed by atoms with E-state index in [-0.39, 0.29) is 0 Å². The van der Waals surface area contributed by atoms with E-state index in [4.69, 9.17) is 26.1 Å². The summed E-state index contributed by atoms with van der Waals surface area (Å²) < 4.78 is 11.7. The van der Waals surface area contributed by atoms with Crippen LogP contribution in [0.4, 0.5) is 5.69 Å². The van der Waals surface area contributed by atoms with E-state index in [0.29, 0.717) is 27.5 Å². The summed E-state index contributed by atoms with van der Waals surface area (Å²) in [6.45, 7) is 0. The zero-order chi connectivity index (χ0) is 21.9. The van der Waals surface area contributed by atoms with Crippen molar-refractivity contribution in [1.29, 1.82) is 0 Å². The van der Waals surface area contributed by atoms with E-state index in [2.05, 4.69) is 15.5 Å². The largest absolute Gasteiger partial charge is 0.497 e. The maximum atomic E-state index is 6.32. The van der Waals surface area contributed by atoms with E-state index >= 15 is 0 Å². The maximum absolute atomic E-state index is 6.32. The molecular weight excluding hydrogens is 444 g/mol. The van der Waals surface area contributed by atoms with Crippen molar-refractivity contribution in [2.75, 3.05) is 12.4 Å². The first-order chi connectivity index (χ1) is 15.7. The van der Waals surface area contributed by atoms with Gasteiger partial charge in [0.15, 0.2) is 11.9 Å². The first-order valence-electron chi connectivity index (χ1n) is 9.98. The van der Waals surface area contributed by atoms with Crippen LogP contribution in [0.25, 0.3) is 11.3 Å². The third-order valence-electron chi connectivity index (χ3n) is 5.01. The topological polar surface area (TPSA) is 69.2 Å². The van der Waals surface area contributed by atoms with E-state index in [1.165, 1.54) is 11.8 Å². The lowest BCUT2D eigenvalue weighted by molar-refractivity contribution is 0.224. The second kappa shape index (κ2) is 9.06. The number of methoxy groups -OCH3 is 1. The molecule has 0 fully saturated rings. The molecule has 0 unspecified atom stereocenters. The van der Waals surface area contributed by atoms with Crippen molar-refractivity contribution in [2.45, 2.75) is 17.1 Å². The number of rotatable bonds is 5. The Kier molecular flexibility index (Phi) is 5.83. The normalized spacial score (nSPS) is 14.4. The van der Waals surface area contributed by atoms with Crippen molar-refractivity contribution in [2.24, 2.45) is 0 Å². The molecule has 0 spiro atoms. The molecule has 0 amide bonds. The molecule has 160 valence electrons. The van der Waals surface area contributed by atoms with Gasteiger partial charge in [0, 0.05) is 27.6 Å². The Morgan fingerprint density at radius 2 is 1.88 bits per heavy atom. The number of para-hydroxylation sites is 1. The van der Waals surface area contributed by atoms with Gasteiger partial charge in [-0.1, -0.05) is 65.8 Å². The van der Waals surface area contributed by atoms with Crippen LogP contribution in [0, 0.1) is 0 Å². The van der Waals surface area contributed by atoms with Gasteiger partial charge >= 0.3 is 0 Å². The molecule has 32 heavy (non-hydrogen) atoms. The number of benzene rings is 3. The molecular formula is C24H19ClN4O2S. The number of nitrogens with one attached hydrogen (secondary N) is 1. The Balaban J connectivity index is 1.48. The molecule has 1 aromatic heterocycles. The number of thioether (sulfide) groups is 1. The minimum atomic E-state index is -0.460. The van der Waals surface area contributed by atoms with E-state index in [0.717, 1.165) is 28.1 Å². The zero-order valence-electron chi connectivity index (χ0n) is 17.2. The number of nitrogens with zero attached hydrogens (tertiary/aromatic N) is 3. The van der Waals surface area contributed by atoms with Gasteiger partial charge in [-0.25, -0.2) is 0 Å². The second-order valence-electron chi connectivity index (χ2n) is 7.13. The molecule has 5 rings (SSSR count). The van der Waals surface area contributed by atoms with Gasteiger partial charge in [0.1, 0.15) is 5.75 Å². The Bertz CT molecular complexity index is 1250. The lowest BCUT2D eigenvalue weighted by Gasteiger charge is -2.19. The molecule has 0 aliphatic carbocycles. The quantitative estimate of drug-likeness (QED) is 0.365. The molecule has 1 atom stereocenters. The lowest BCUT2D eigenvalue weighted by Crippen LogP contribution is -2.17. The zero-order valence-corrected chi connectivity index (χ0v) is 18.7. The highest BCUT2D eigenvalue weighted by Gasteiger charge is 2.26. The average molecular weight is 463 g/mol. The highest BCUT2D eigenvalue weighted by molar-refractivity contribution is 7.98. The first-order valence-corrected chi connectivity index (χ1v) is 11.3. The Morgan fingerprint density at radius 1 is 1.03 bits per heavy atom. The summed E-state index contributed by atoms with van der Waals surface area (Å²) in [5.41, 5.74) is 4.44. The molecule has 0 bridgehead atoms. The van der Waals surface area contributed by atoms with E-state index in [1.807, 2.05) is 72.8 Å². The Hall–Kier alpha value is -3.29. The summed E-state index contributed by atoms with van der Waals surface area (Å²) in [4.78, 5) is 4.69. The molecule has 4 aromatic rings. The second-order valence-corrected chi connectivity index (χ2v) is 8.51. The fraction of sp³-hybridized carbons (Fsp3) is 0.125. The molecule has 1 aliphatic heterocycles. The number of fused-ring (bicyclic) bond motifs is 3. The van der Waals surface area contributed by atoms with Crippen molar-refractivity contribution >= 4 is 29.1 Å². The van der Waals surface area contributed by atoms with Crippen molar-refractivity contribution in [1.82, 2.24) is 15.2 Å². The minimum Gasteiger partial charge on any atom is -0.497 e. The van der Waals surface area contributed by atoms with Gasteiger partial charge in [-0.3, -0.25) is 0 Å². The molecule has 2 heterocycles. The average Bonchev–Trinajstić information content (AvgIpc) is 3.00. The van der Waals surface area contributed by atoms with Gasteiger partial charge in [-0.05, 0) is 35.9 Å². The minimum absolute atomic E-state index is 0.434. The van der Waals surface area contributed by atoms with Crippen LogP contribution in [0.5, 0.6) is 11.6 Å². The van der Waals surface area contributed by atoms with Crippen LogP contribution in [-0.2, 0) is 5.75 Å². The molecule has 1 N–H and O–H groups in total. The smallest absolute Gasteiger partial charge is 0.247 e. The number of hydrogen-bond acceptors (Lipinski definition) is 7. The highest BCUT2D eigenvalue weighted by Crippen LogP contribution is 2.40. The molecule has 6 nitrogen and oxygen atoms in total. The number of hydrogen-bond donors (Lipinski definition) is 1. The Morgan fingerprint density at radius 3 is 2.72 bits per heavy atom. The summed E-state index contributed by atoms with van der Waals surface area (Å²) in [7, 11) is 1.65. The molecule has 3 aromatic carbocycles. The third kappa shape index (κ3) is 4.35. The van der Waals surface area contributed by atoms with Crippen LogP contribution >= 0.6 is 23.4 Å². The fourth-order valence-corrected chi connectivity index (χ4v) is 4.25. The predicted octanol–water partition coefficient (Wildman–Crippen LogP) is 6.00. The van der Waals surface area contributed by atoms with Crippen LogP contribution in [0.3, 0.4) is 0 Å². The van der Waals surface area contributed by atoms with Gasteiger partial charge in [0.25, 0.3) is 0 Å². The molecule has 0 saturated heterocycles. The van der Waals surface area contributed by atoms with Crippen LogP contribution in [0.1, 0.15) is 17.4 Å². The molecule has 0 radical (unpaired) electrons. The number of halogens is 1. The van der Waals surface area contributed by atoms with Crippen molar-refractivity contribution in [3.63, 3.8) is 0 Å². The van der Waals surface area contributed by atoms with Crippen molar-refractivity contribution < 1.29 is 9.47 Å². The van der Waals surface area contributed by atoms with Crippen LogP contribution in [0.2, 0.25) is 5.02 Å². The number of ether oxygens (including phenoxy) is 2. The molecule has 8 heteroatoms. The van der Waals surface area contributed by atoms with Gasteiger partial charge in [-0.15, -0.1) is 10.2 Å². The van der Waals surface area contributed by atoms with Gasteiger partial charge in [0.2, 0.25) is 11.0 Å².